The minimum absolute atomic E-state index is 0.236. The minimum Gasteiger partial charge on any atom is -0.389 e. The first-order valence-corrected chi connectivity index (χ1v) is 7.71. The molecule has 1 aliphatic rings. The summed E-state index contributed by atoms with van der Waals surface area (Å²) in [6.07, 6.45) is 5.56. The second-order valence-electron chi connectivity index (χ2n) is 6.03. The van der Waals surface area contributed by atoms with Crippen molar-refractivity contribution in [1.29, 1.82) is 0 Å². The fraction of sp³-hybridized carbons (Fsp3) is 0.300. The van der Waals surface area contributed by atoms with E-state index in [4.69, 9.17) is 0 Å². The molecule has 0 spiro atoms. The van der Waals surface area contributed by atoms with Crippen LogP contribution in [0.2, 0.25) is 0 Å². The van der Waals surface area contributed by atoms with Crippen molar-refractivity contribution in [3.8, 4) is 11.1 Å². The Kier molecular flexibility index (Phi) is 3.94. The van der Waals surface area contributed by atoms with Crippen molar-refractivity contribution in [2.75, 3.05) is 0 Å². The van der Waals surface area contributed by atoms with Crippen LogP contribution in [0.25, 0.3) is 11.1 Å². The zero-order valence-electron chi connectivity index (χ0n) is 12.3. The van der Waals surface area contributed by atoms with Gasteiger partial charge in [0.25, 0.3) is 0 Å². The van der Waals surface area contributed by atoms with E-state index in [2.05, 4.69) is 55.1 Å². The molecule has 0 amide bonds. The summed E-state index contributed by atoms with van der Waals surface area (Å²) in [6.45, 7) is 3.79. The van der Waals surface area contributed by atoms with E-state index in [0.29, 0.717) is 6.42 Å². The summed E-state index contributed by atoms with van der Waals surface area (Å²) in [5.74, 6) is 0.236. The maximum Gasteiger partial charge on any atom is 0.0750 e. The molecule has 108 valence electrons. The number of hydrogen-bond acceptors (Lipinski definition) is 1. The monoisotopic (exact) mass is 278 g/mol. The first-order valence-electron chi connectivity index (χ1n) is 7.71. The molecule has 0 aromatic heterocycles. The van der Waals surface area contributed by atoms with Gasteiger partial charge in [0.15, 0.2) is 0 Å². The highest BCUT2D eigenvalue weighted by atomic mass is 16.3. The van der Waals surface area contributed by atoms with Gasteiger partial charge < -0.3 is 5.11 Å². The Balaban J connectivity index is 1.86. The van der Waals surface area contributed by atoms with Gasteiger partial charge in [-0.25, -0.2) is 0 Å². The zero-order chi connectivity index (χ0) is 14.7. The summed E-state index contributed by atoms with van der Waals surface area (Å²) in [5, 5.41) is 10.8. The number of aliphatic hydroxyl groups is 1. The molecule has 1 nitrogen and oxygen atoms in total. The number of rotatable bonds is 4. The molecule has 1 aliphatic carbocycles. The summed E-state index contributed by atoms with van der Waals surface area (Å²) >= 11 is 0. The molecule has 2 aromatic carbocycles. The molecule has 0 aliphatic heterocycles. The molecule has 0 bridgehead atoms. The highest BCUT2D eigenvalue weighted by Crippen LogP contribution is 2.45. The Hall–Kier alpha value is -1.86. The van der Waals surface area contributed by atoms with Gasteiger partial charge in [-0.3, -0.25) is 0 Å². The van der Waals surface area contributed by atoms with Crippen molar-refractivity contribution in [3.63, 3.8) is 0 Å². The highest BCUT2D eigenvalue weighted by molar-refractivity contribution is 5.63. The number of hydrogen-bond donors (Lipinski definition) is 1. The van der Waals surface area contributed by atoms with Crippen LogP contribution >= 0.6 is 0 Å². The Morgan fingerprint density at radius 2 is 1.71 bits per heavy atom. The quantitative estimate of drug-likeness (QED) is 0.786. The fourth-order valence-corrected chi connectivity index (χ4v) is 3.56. The molecule has 0 heterocycles. The summed E-state index contributed by atoms with van der Waals surface area (Å²) < 4.78 is 0. The van der Waals surface area contributed by atoms with Crippen molar-refractivity contribution in [1.82, 2.24) is 0 Å². The lowest BCUT2D eigenvalue weighted by atomic mass is 9.82. The smallest absolute Gasteiger partial charge is 0.0750 e. The van der Waals surface area contributed by atoms with E-state index in [0.717, 1.165) is 19.3 Å². The SMILES string of the molecule is C=CC[C@@]1(O)CCC[C@@H]1c1ccc(-c2ccccc2)cc1. The van der Waals surface area contributed by atoms with Gasteiger partial charge in [0.2, 0.25) is 0 Å². The summed E-state index contributed by atoms with van der Waals surface area (Å²) in [6, 6.07) is 19.1. The Morgan fingerprint density at radius 1 is 1.05 bits per heavy atom. The molecule has 21 heavy (non-hydrogen) atoms. The van der Waals surface area contributed by atoms with Gasteiger partial charge in [0.1, 0.15) is 0 Å². The normalized spacial score (nSPS) is 24.9. The van der Waals surface area contributed by atoms with Crippen LogP contribution in [0.15, 0.2) is 67.3 Å². The predicted molar refractivity (Wildman–Crippen MR) is 88.2 cm³/mol. The molecule has 0 unspecified atom stereocenters. The summed E-state index contributed by atoms with van der Waals surface area (Å²) in [7, 11) is 0. The lowest BCUT2D eigenvalue weighted by molar-refractivity contribution is 0.0330. The average molecular weight is 278 g/mol. The second kappa shape index (κ2) is 5.87. The average Bonchev–Trinajstić information content (AvgIpc) is 2.90. The van der Waals surface area contributed by atoms with Crippen molar-refractivity contribution >= 4 is 0 Å². The van der Waals surface area contributed by atoms with Gasteiger partial charge in [-0.1, -0.05) is 60.7 Å². The van der Waals surface area contributed by atoms with E-state index >= 15 is 0 Å². The van der Waals surface area contributed by atoms with E-state index in [-0.39, 0.29) is 5.92 Å². The fourth-order valence-electron chi connectivity index (χ4n) is 3.56. The maximum atomic E-state index is 10.8. The molecule has 1 fully saturated rings. The topological polar surface area (TPSA) is 20.2 Å². The minimum atomic E-state index is -0.601. The largest absolute Gasteiger partial charge is 0.389 e. The third kappa shape index (κ3) is 2.79. The van der Waals surface area contributed by atoms with E-state index in [1.54, 1.807) is 0 Å². The van der Waals surface area contributed by atoms with Crippen LogP contribution in [0.5, 0.6) is 0 Å². The molecule has 0 radical (unpaired) electrons. The molecule has 2 aromatic rings. The molecule has 1 heteroatoms. The molecular formula is C20H22O. The zero-order valence-corrected chi connectivity index (χ0v) is 12.3. The van der Waals surface area contributed by atoms with Crippen molar-refractivity contribution in [2.24, 2.45) is 0 Å². The molecular weight excluding hydrogens is 256 g/mol. The first kappa shape index (κ1) is 14.1. The molecule has 0 saturated heterocycles. The predicted octanol–water partition coefficient (Wildman–Crippen LogP) is 4.93. The van der Waals surface area contributed by atoms with Crippen molar-refractivity contribution in [3.05, 3.63) is 72.8 Å². The van der Waals surface area contributed by atoms with Crippen LogP contribution in [0, 0.1) is 0 Å². The van der Waals surface area contributed by atoms with Gasteiger partial charge in [0.05, 0.1) is 5.60 Å². The van der Waals surface area contributed by atoms with Crippen LogP contribution in [0.1, 0.15) is 37.2 Å². The van der Waals surface area contributed by atoms with Gasteiger partial charge in [-0.05, 0) is 42.4 Å². The van der Waals surface area contributed by atoms with Gasteiger partial charge in [0, 0.05) is 5.92 Å². The van der Waals surface area contributed by atoms with E-state index in [1.165, 1.54) is 16.7 Å². The Bertz CT molecular complexity index is 599. The van der Waals surface area contributed by atoms with Gasteiger partial charge >= 0.3 is 0 Å². The van der Waals surface area contributed by atoms with Crippen molar-refractivity contribution in [2.45, 2.75) is 37.2 Å². The molecule has 1 N–H and O–H groups in total. The second-order valence-corrected chi connectivity index (χ2v) is 6.03. The van der Waals surface area contributed by atoms with Crippen LogP contribution in [0.3, 0.4) is 0 Å². The lowest BCUT2D eigenvalue weighted by Crippen LogP contribution is -2.30. The van der Waals surface area contributed by atoms with Crippen LogP contribution in [-0.4, -0.2) is 10.7 Å². The molecule has 3 rings (SSSR count). The summed E-state index contributed by atoms with van der Waals surface area (Å²) in [5.41, 5.74) is 3.11. The third-order valence-corrected chi connectivity index (χ3v) is 4.67. The van der Waals surface area contributed by atoms with Gasteiger partial charge in [-0.2, -0.15) is 0 Å². The van der Waals surface area contributed by atoms with E-state index < -0.39 is 5.60 Å². The van der Waals surface area contributed by atoms with Gasteiger partial charge in [-0.15, -0.1) is 6.58 Å². The van der Waals surface area contributed by atoms with Crippen LogP contribution in [0.4, 0.5) is 0 Å². The van der Waals surface area contributed by atoms with E-state index in [9.17, 15) is 5.11 Å². The maximum absolute atomic E-state index is 10.8. The standard InChI is InChI=1S/C20H22O/c1-2-14-20(21)15-6-9-19(20)18-12-10-17(11-13-18)16-7-4-3-5-8-16/h2-5,7-8,10-13,19,21H,1,6,9,14-15H2/t19-,20-/m1/s1. The Labute approximate surface area is 127 Å². The third-order valence-electron chi connectivity index (χ3n) is 4.67. The van der Waals surface area contributed by atoms with Crippen LogP contribution < -0.4 is 0 Å². The lowest BCUT2D eigenvalue weighted by Gasteiger charge is -2.29. The first-order chi connectivity index (χ1) is 10.2. The molecule has 2 atom stereocenters. The highest BCUT2D eigenvalue weighted by Gasteiger charge is 2.40. The number of benzene rings is 2. The summed E-state index contributed by atoms with van der Waals surface area (Å²) in [4.78, 5) is 0. The van der Waals surface area contributed by atoms with E-state index in [1.807, 2.05) is 12.1 Å². The molecule has 1 saturated carbocycles. The Morgan fingerprint density at radius 3 is 2.38 bits per heavy atom. The van der Waals surface area contributed by atoms with Crippen LogP contribution in [-0.2, 0) is 0 Å². The van der Waals surface area contributed by atoms with Crippen molar-refractivity contribution < 1.29 is 5.11 Å².